The first-order valence-electron chi connectivity index (χ1n) is 35.4. The minimum absolute atomic E-state index is 0.179. The number of carbonyl (C=O) groups excluding carboxylic acids is 3. The SMILES string of the molecule is CCCCCC/C=C\CCCCCCCCCC(=O)N[C@H]1[C@H](OC(C)[C@H]2O[C@H](OP(C)(=O)O)[C@H](NC(=O)CC(=O)CCCCCCCCCCC)[C@@H](OCCCCCCCCCC)[C@@H]2O)O[C@H](CC)[C@@H](O[P+](=O)O)[C@@H]1OCC[C@H](C)CCCCCCC. The summed E-state index contributed by atoms with van der Waals surface area (Å²) in [6, 6.07) is -2.40. The molecule has 2 rings (SSSR count). The molecule has 0 aromatic carbocycles. The van der Waals surface area contributed by atoms with Crippen LogP contribution in [-0.4, -0.2) is 120 Å². The lowest BCUT2D eigenvalue weighted by molar-refractivity contribution is -0.313. The third-order valence-electron chi connectivity index (χ3n) is 17.3. The normalized spacial score (nSPS) is 24.0. The first-order valence-corrected chi connectivity index (χ1v) is 38.6. The second-order valence-corrected chi connectivity index (χ2v) is 28.0. The van der Waals surface area contributed by atoms with Crippen molar-refractivity contribution >= 4 is 33.4 Å². The Labute approximate surface area is 530 Å². The summed E-state index contributed by atoms with van der Waals surface area (Å²) >= 11 is 0. The zero-order chi connectivity index (χ0) is 63.9. The maximum atomic E-state index is 14.2. The van der Waals surface area contributed by atoms with Crippen LogP contribution < -0.4 is 10.6 Å². The number of ketones is 1. The third kappa shape index (κ3) is 38.8. The van der Waals surface area contributed by atoms with Crippen LogP contribution in [-0.2, 0) is 56.2 Å². The number of rotatable bonds is 57. The molecule has 3 unspecified atom stereocenters. The maximum absolute atomic E-state index is 14.2. The predicted molar refractivity (Wildman–Crippen MR) is 350 cm³/mol. The van der Waals surface area contributed by atoms with Crippen LogP contribution in [0.4, 0.5) is 0 Å². The molecule has 14 atom stereocenters. The summed E-state index contributed by atoms with van der Waals surface area (Å²) in [6.45, 7) is 15.9. The lowest BCUT2D eigenvalue weighted by atomic mass is 9.92. The molecule has 19 heteroatoms. The van der Waals surface area contributed by atoms with Crippen molar-refractivity contribution < 1.29 is 71.1 Å². The molecule has 0 radical (unpaired) electrons. The van der Waals surface area contributed by atoms with Gasteiger partial charge in [0.25, 0.3) is 0 Å². The van der Waals surface area contributed by atoms with Crippen molar-refractivity contribution in [1.29, 1.82) is 0 Å². The number of allylic oxidation sites excluding steroid dienone is 2. The van der Waals surface area contributed by atoms with Gasteiger partial charge in [-0.3, -0.25) is 23.5 Å². The quantitative estimate of drug-likeness (QED) is 0.0165. The third-order valence-corrected chi connectivity index (χ3v) is 18.3. The first kappa shape index (κ1) is 81.4. The van der Waals surface area contributed by atoms with Crippen molar-refractivity contribution in [2.75, 3.05) is 19.9 Å². The molecule has 87 heavy (non-hydrogen) atoms. The maximum Gasteiger partial charge on any atom is 0.695 e. The van der Waals surface area contributed by atoms with Crippen LogP contribution in [0.5, 0.6) is 0 Å². The highest BCUT2D eigenvalue weighted by Gasteiger charge is 2.55. The number of hydrogen-bond donors (Lipinski definition) is 5. The van der Waals surface area contributed by atoms with Gasteiger partial charge in [0, 0.05) is 37.3 Å². The molecule has 0 bridgehead atoms. The van der Waals surface area contributed by atoms with Crippen molar-refractivity contribution in [2.24, 2.45) is 5.92 Å². The van der Waals surface area contributed by atoms with E-state index in [1.54, 1.807) is 6.92 Å². The van der Waals surface area contributed by atoms with Gasteiger partial charge in [-0.25, -0.2) is 0 Å². The minimum Gasteiger partial charge on any atom is -0.387 e. The molecule has 2 aliphatic rings. The van der Waals surface area contributed by atoms with Crippen LogP contribution in [0.2, 0.25) is 0 Å². The zero-order valence-electron chi connectivity index (χ0n) is 56.1. The van der Waals surface area contributed by atoms with Crippen LogP contribution in [0.15, 0.2) is 12.2 Å². The van der Waals surface area contributed by atoms with Crippen molar-refractivity contribution in [1.82, 2.24) is 10.6 Å². The van der Waals surface area contributed by atoms with E-state index in [2.05, 4.69) is 57.4 Å². The van der Waals surface area contributed by atoms with Gasteiger partial charge in [-0.1, -0.05) is 240 Å². The second kappa shape index (κ2) is 51.7. The van der Waals surface area contributed by atoms with Crippen molar-refractivity contribution in [3.8, 4) is 0 Å². The summed E-state index contributed by atoms with van der Waals surface area (Å²) in [5.74, 6) is -0.865. The summed E-state index contributed by atoms with van der Waals surface area (Å²) in [7, 11) is -7.49. The van der Waals surface area contributed by atoms with Crippen molar-refractivity contribution in [2.45, 2.75) is 379 Å². The molecule has 2 saturated heterocycles. The average molecular weight is 1280 g/mol. The van der Waals surface area contributed by atoms with Gasteiger partial charge in [-0.05, 0) is 70.6 Å². The predicted octanol–water partition coefficient (Wildman–Crippen LogP) is 16.7. The Kier molecular flexibility index (Phi) is 48.4. The number of hydrogen-bond acceptors (Lipinski definition) is 13. The van der Waals surface area contributed by atoms with Crippen molar-refractivity contribution in [3.63, 3.8) is 0 Å². The number of Topliss-reactive ketones (excluding diaryl/α,β-unsaturated/α-hetero) is 1. The molecule has 2 fully saturated rings. The average Bonchev–Trinajstić information content (AvgIpc) is 1.11. The molecule has 0 saturated carbocycles. The highest BCUT2D eigenvalue weighted by Crippen LogP contribution is 2.43. The van der Waals surface area contributed by atoms with E-state index in [4.69, 9.17) is 32.7 Å². The topological polar surface area (TPSA) is 235 Å². The van der Waals surface area contributed by atoms with Gasteiger partial charge in [0.1, 0.15) is 42.3 Å². The molecule has 17 nitrogen and oxygen atoms in total. The van der Waals surface area contributed by atoms with Gasteiger partial charge < -0.3 is 44.3 Å². The van der Waals surface area contributed by atoms with E-state index < -0.39 is 95.6 Å². The Morgan fingerprint density at radius 2 is 1.02 bits per heavy atom. The number of ether oxygens (including phenoxy) is 5. The molecule has 2 aliphatic heterocycles. The lowest BCUT2D eigenvalue weighted by Gasteiger charge is -2.48. The van der Waals surface area contributed by atoms with Crippen LogP contribution in [0.1, 0.15) is 312 Å². The van der Waals surface area contributed by atoms with Gasteiger partial charge in [0.15, 0.2) is 18.7 Å². The van der Waals surface area contributed by atoms with E-state index in [1.807, 2.05) is 6.92 Å². The minimum atomic E-state index is -4.36. The summed E-state index contributed by atoms with van der Waals surface area (Å²) in [4.78, 5) is 62.2. The summed E-state index contributed by atoms with van der Waals surface area (Å²) in [5, 5.41) is 18.4. The van der Waals surface area contributed by atoms with E-state index in [-0.39, 0.29) is 37.7 Å². The molecule has 0 aliphatic carbocycles. The molecule has 5 N–H and O–H groups in total. The van der Waals surface area contributed by atoms with Crippen molar-refractivity contribution in [3.05, 3.63) is 12.2 Å². The second-order valence-electron chi connectivity index (χ2n) is 25.5. The Bertz CT molecular complexity index is 1830. The first-order chi connectivity index (χ1) is 42.0. The monoisotopic (exact) mass is 1280 g/mol. The molecule has 0 spiro atoms. The number of aliphatic hydroxyl groups excluding tert-OH is 1. The van der Waals surface area contributed by atoms with Crippen LogP contribution in [0.25, 0.3) is 0 Å². The van der Waals surface area contributed by atoms with E-state index >= 15 is 0 Å². The smallest absolute Gasteiger partial charge is 0.387 e. The van der Waals surface area contributed by atoms with Gasteiger partial charge >= 0.3 is 15.9 Å². The number of nitrogens with one attached hydrogen (secondary N) is 2. The largest absolute Gasteiger partial charge is 0.695 e. The molecule has 0 aromatic heterocycles. The molecule has 0 aromatic rings. The Morgan fingerprint density at radius 3 is 1.55 bits per heavy atom. The Morgan fingerprint density at radius 1 is 0.563 bits per heavy atom. The van der Waals surface area contributed by atoms with Gasteiger partial charge in [-0.15, -0.1) is 9.42 Å². The molecular formula is C68H129N2O15P2+. The highest BCUT2D eigenvalue weighted by atomic mass is 31.2. The zero-order valence-corrected chi connectivity index (χ0v) is 57.9. The Hall–Kier alpha value is -1.72. The van der Waals surface area contributed by atoms with Crippen LogP contribution >= 0.6 is 15.9 Å². The van der Waals surface area contributed by atoms with Crippen LogP contribution in [0, 0.1) is 5.92 Å². The fraction of sp³-hybridized carbons (Fsp3) is 0.926. The number of amides is 2. The van der Waals surface area contributed by atoms with Gasteiger partial charge in [0.2, 0.25) is 11.8 Å². The summed E-state index contributed by atoms with van der Waals surface area (Å²) in [6.07, 6.45) is 33.9. The molecule has 2 heterocycles. The van der Waals surface area contributed by atoms with E-state index in [0.29, 0.717) is 38.0 Å². The summed E-state index contributed by atoms with van der Waals surface area (Å²) in [5.41, 5.74) is 0. The highest BCUT2D eigenvalue weighted by molar-refractivity contribution is 7.51. The fourth-order valence-corrected chi connectivity index (χ4v) is 13.0. The fourth-order valence-electron chi connectivity index (χ4n) is 12.0. The van der Waals surface area contributed by atoms with Crippen LogP contribution in [0.3, 0.4) is 0 Å². The number of carbonyl (C=O) groups is 3. The number of aliphatic hydroxyl groups is 1. The number of unbranched alkanes of at least 4 members (excludes halogenated alkanes) is 30. The summed E-state index contributed by atoms with van der Waals surface area (Å²) < 4.78 is 70.2. The lowest BCUT2D eigenvalue weighted by Crippen LogP contribution is -2.68. The van der Waals surface area contributed by atoms with Gasteiger partial charge in [0.05, 0.1) is 18.6 Å². The Balaban J connectivity index is 2.41. The standard InChI is InChI=1S/C68H128N2O15P2/c1-9-14-18-22-25-28-29-30-31-32-33-35-37-41-45-49-58(72)69-61-66(80-52-50-54(6)47-43-39-21-17-12-4)64(84-86(75)76)57(13-5)82-67(61)81-55(7)63-62(74)65(79-51-46-42-38-27-24-20-16-11-3)60(68(83-63)85-87(8,77)78)70-59(73)53-56(71)48-44-40-36-34-26-23-19-15-10-2/h28-29,54-55,57,60-68,74H,9-27,30-53H2,1-8H3,(H3-,69,70,72,73,75,76,77,78)/p+1/b29-28-/t54-,55?,57-,60-,61-,62-,63-,64-,65-,66-,67-,68-/m1/s1. The molecule has 2 amide bonds. The molecular weight excluding hydrogens is 1150 g/mol. The molecule has 510 valence electrons. The van der Waals surface area contributed by atoms with E-state index in [1.165, 1.54) is 103 Å². The van der Waals surface area contributed by atoms with Gasteiger partial charge in [-0.2, -0.15) is 0 Å². The van der Waals surface area contributed by atoms with E-state index in [9.17, 15) is 38.4 Å². The van der Waals surface area contributed by atoms with E-state index in [0.717, 1.165) is 116 Å².